The van der Waals surface area contributed by atoms with Crippen molar-refractivity contribution in [3.63, 3.8) is 0 Å². The summed E-state index contributed by atoms with van der Waals surface area (Å²) in [6.07, 6.45) is 0. The number of nitrogens with one attached hydrogen (secondary N) is 2. The second kappa shape index (κ2) is 6.28. The Morgan fingerprint density at radius 2 is 1.86 bits per heavy atom. The quantitative estimate of drug-likeness (QED) is 0.596. The van der Waals surface area contributed by atoms with Crippen molar-refractivity contribution in [2.45, 2.75) is 13.8 Å². The molecule has 0 aromatic heterocycles. The third kappa shape index (κ3) is 3.32. The largest absolute Gasteiger partial charge is 0.497 e. The number of anilines is 2. The molecule has 5 nitrogen and oxygen atoms in total. The first kappa shape index (κ1) is 14.9. The first-order valence-electron chi connectivity index (χ1n) is 6.58. The number of methoxy groups -OCH3 is 1. The van der Waals surface area contributed by atoms with Crippen LogP contribution in [0, 0.1) is 13.8 Å². The van der Waals surface area contributed by atoms with E-state index >= 15 is 0 Å². The van der Waals surface area contributed by atoms with Crippen LogP contribution in [0.3, 0.4) is 0 Å². The van der Waals surface area contributed by atoms with Crippen molar-refractivity contribution in [1.29, 1.82) is 0 Å². The zero-order chi connectivity index (χ0) is 15.4. The summed E-state index contributed by atoms with van der Waals surface area (Å²) < 4.78 is 5.15. The Morgan fingerprint density at radius 1 is 1.10 bits per heavy atom. The molecule has 0 saturated carbocycles. The summed E-state index contributed by atoms with van der Waals surface area (Å²) >= 11 is 0. The molecule has 0 spiro atoms. The molecule has 0 aliphatic rings. The Hall–Kier alpha value is -2.53. The molecule has 0 aliphatic heterocycles. The van der Waals surface area contributed by atoms with Crippen molar-refractivity contribution in [3.8, 4) is 5.75 Å². The molecule has 0 saturated heterocycles. The van der Waals surface area contributed by atoms with E-state index in [0.29, 0.717) is 11.3 Å². The van der Waals surface area contributed by atoms with E-state index in [9.17, 15) is 4.79 Å². The summed E-state index contributed by atoms with van der Waals surface area (Å²) in [6, 6.07) is 10.9. The molecule has 0 aliphatic carbocycles. The molecule has 4 N–H and O–H groups in total. The minimum absolute atomic E-state index is 0.212. The average Bonchev–Trinajstić information content (AvgIpc) is 2.48. The van der Waals surface area contributed by atoms with Gasteiger partial charge < -0.3 is 15.5 Å². The van der Waals surface area contributed by atoms with Crippen LogP contribution in [-0.4, -0.2) is 13.0 Å². The van der Waals surface area contributed by atoms with Crippen molar-refractivity contribution < 1.29 is 9.53 Å². The number of carbonyl (C=O) groups is 1. The van der Waals surface area contributed by atoms with Crippen molar-refractivity contribution in [2.24, 2.45) is 5.84 Å². The predicted octanol–water partition coefficient (Wildman–Crippen LogP) is 2.85. The number of nitrogens with two attached hydrogens (primary N) is 1. The van der Waals surface area contributed by atoms with Gasteiger partial charge in [-0.1, -0.05) is 6.07 Å². The molecule has 0 fully saturated rings. The standard InChI is InChI=1S/C16H19N3O2/c1-10-4-6-13(15(8-10)19-17)16(20)18-14-7-5-12(21-3)9-11(14)2/h4-9,19H,17H2,1-3H3,(H,18,20). The van der Waals surface area contributed by atoms with Crippen molar-refractivity contribution in [3.05, 3.63) is 53.1 Å². The summed E-state index contributed by atoms with van der Waals surface area (Å²) in [5.74, 6) is 6.01. The second-order valence-electron chi connectivity index (χ2n) is 4.83. The monoisotopic (exact) mass is 285 g/mol. The number of rotatable bonds is 4. The lowest BCUT2D eigenvalue weighted by Crippen LogP contribution is -2.17. The highest BCUT2D eigenvalue weighted by Crippen LogP contribution is 2.23. The van der Waals surface area contributed by atoms with E-state index in [2.05, 4.69) is 10.7 Å². The van der Waals surface area contributed by atoms with Crippen molar-refractivity contribution in [1.82, 2.24) is 0 Å². The number of carbonyl (C=O) groups excluding carboxylic acids is 1. The van der Waals surface area contributed by atoms with Gasteiger partial charge in [-0.05, 0) is 55.3 Å². The molecule has 110 valence electrons. The number of amides is 1. The zero-order valence-corrected chi connectivity index (χ0v) is 12.4. The third-order valence-corrected chi connectivity index (χ3v) is 3.26. The van der Waals surface area contributed by atoms with Gasteiger partial charge in [0.1, 0.15) is 5.75 Å². The summed E-state index contributed by atoms with van der Waals surface area (Å²) in [5.41, 5.74) is 6.35. The predicted molar refractivity (Wildman–Crippen MR) is 84.7 cm³/mol. The van der Waals surface area contributed by atoms with Crippen LogP contribution in [0.4, 0.5) is 11.4 Å². The van der Waals surface area contributed by atoms with Crippen LogP contribution < -0.4 is 21.3 Å². The normalized spacial score (nSPS) is 10.1. The lowest BCUT2D eigenvalue weighted by molar-refractivity contribution is 0.102. The number of aryl methyl sites for hydroxylation is 2. The van der Waals surface area contributed by atoms with Crippen LogP contribution >= 0.6 is 0 Å². The number of hydrogen-bond acceptors (Lipinski definition) is 4. The first-order valence-corrected chi connectivity index (χ1v) is 6.58. The molecule has 0 atom stereocenters. The molecule has 5 heteroatoms. The maximum atomic E-state index is 12.4. The molecular formula is C16H19N3O2. The summed E-state index contributed by atoms with van der Waals surface area (Å²) in [4.78, 5) is 12.4. The maximum Gasteiger partial charge on any atom is 0.257 e. The fourth-order valence-corrected chi connectivity index (χ4v) is 2.07. The van der Waals surface area contributed by atoms with Crippen LogP contribution in [0.25, 0.3) is 0 Å². The molecule has 0 bridgehead atoms. The lowest BCUT2D eigenvalue weighted by Gasteiger charge is -2.12. The van der Waals surface area contributed by atoms with Crippen LogP contribution in [-0.2, 0) is 0 Å². The summed E-state index contributed by atoms with van der Waals surface area (Å²) in [6.45, 7) is 3.85. The Kier molecular flexibility index (Phi) is 4.45. The van der Waals surface area contributed by atoms with Gasteiger partial charge in [0.25, 0.3) is 5.91 Å². The molecule has 0 radical (unpaired) electrons. The van der Waals surface area contributed by atoms with Gasteiger partial charge in [-0.15, -0.1) is 0 Å². The van der Waals surface area contributed by atoms with Gasteiger partial charge in [0, 0.05) is 5.69 Å². The molecule has 1 amide bonds. The van der Waals surface area contributed by atoms with Gasteiger partial charge in [0.2, 0.25) is 0 Å². The number of ether oxygens (including phenoxy) is 1. The van der Waals surface area contributed by atoms with E-state index in [1.165, 1.54) is 0 Å². The molecular weight excluding hydrogens is 266 g/mol. The van der Waals surface area contributed by atoms with Crippen molar-refractivity contribution >= 4 is 17.3 Å². The minimum atomic E-state index is -0.212. The van der Waals surface area contributed by atoms with Gasteiger partial charge in [-0.2, -0.15) is 0 Å². The smallest absolute Gasteiger partial charge is 0.257 e. The highest BCUT2D eigenvalue weighted by atomic mass is 16.5. The zero-order valence-electron chi connectivity index (χ0n) is 12.4. The SMILES string of the molecule is COc1ccc(NC(=O)c2ccc(C)cc2NN)c(C)c1. The van der Waals surface area contributed by atoms with E-state index in [4.69, 9.17) is 10.6 Å². The van der Waals surface area contributed by atoms with Gasteiger partial charge in [0.15, 0.2) is 0 Å². The Balaban J connectivity index is 2.26. The summed E-state index contributed by atoms with van der Waals surface area (Å²) in [7, 11) is 1.61. The molecule has 2 aromatic carbocycles. The fraction of sp³-hybridized carbons (Fsp3) is 0.188. The molecule has 2 aromatic rings. The number of benzene rings is 2. The summed E-state index contributed by atoms with van der Waals surface area (Å²) in [5, 5.41) is 2.88. The van der Waals surface area contributed by atoms with Crippen LogP contribution in [0.2, 0.25) is 0 Å². The number of hydrazine groups is 1. The van der Waals surface area contributed by atoms with Crippen LogP contribution in [0.1, 0.15) is 21.5 Å². The molecule has 2 rings (SSSR count). The number of hydrogen-bond donors (Lipinski definition) is 3. The van der Waals surface area contributed by atoms with Crippen LogP contribution in [0.15, 0.2) is 36.4 Å². The second-order valence-corrected chi connectivity index (χ2v) is 4.83. The van der Waals surface area contributed by atoms with E-state index in [-0.39, 0.29) is 5.91 Å². The molecule has 0 heterocycles. The van der Waals surface area contributed by atoms with Crippen molar-refractivity contribution in [2.75, 3.05) is 17.9 Å². The minimum Gasteiger partial charge on any atom is -0.497 e. The van der Waals surface area contributed by atoms with Gasteiger partial charge in [-0.3, -0.25) is 10.6 Å². The maximum absolute atomic E-state index is 12.4. The highest BCUT2D eigenvalue weighted by Gasteiger charge is 2.12. The van der Waals surface area contributed by atoms with E-state index in [0.717, 1.165) is 22.6 Å². The average molecular weight is 285 g/mol. The molecule has 21 heavy (non-hydrogen) atoms. The van der Waals surface area contributed by atoms with E-state index in [1.54, 1.807) is 19.2 Å². The Labute approximate surface area is 124 Å². The first-order chi connectivity index (χ1) is 10.0. The van der Waals surface area contributed by atoms with E-state index in [1.807, 2.05) is 38.1 Å². The van der Waals surface area contributed by atoms with E-state index < -0.39 is 0 Å². The Morgan fingerprint density at radius 3 is 2.48 bits per heavy atom. The Bertz CT molecular complexity index is 669. The fourth-order valence-electron chi connectivity index (χ4n) is 2.07. The topological polar surface area (TPSA) is 76.4 Å². The van der Waals surface area contributed by atoms with Gasteiger partial charge >= 0.3 is 0 Å². The van der Waals surface area contributed by atoms with Crippen LogP contribution in [0.5, 0.6) is 5.75 Å². The number of nitrogen functional groups attached to an aromatic ring is 1. The van der Waals surface area contributed by atoms with Gasteiger partial charge in [0.05, 0.1) is 18.4 Å². The third-order valence-electron chi connectivity index (χ3n) is 3.26. The van der Waals surface area contributed by atoms with Gasteiger partial charge in [-0.25, -0.2) is 0 Å². The highest BCUT2D eigenvalue weighted by molar-refractivity contribution is 6.08. The lowest BCUT2D eigenvalue weighted by atomic mass is 10.1. The molecule has 0 unspecified atom stereocenters.